The van der Waals surface area contributed by atoms with Gasteiger partial charge in [-0.1, -0.05) is 101 Å². The first-order chi connectivity index (χ1) is 9.66. The molecule has 2 N–H and O–H groups in total. The lowest BCUT2D eigenvalue weighted by atomic mass is 10.4. The molecule has 0 atom stereocenters. The van der Waals surface area contributed by atoms with Crippen molar-refractivity contribution in [1.29, 1.82) is 0 Å². The van der Waals surface area contributed by atoms with E-state index in [-0.39, 0.29) is 0 Å². The molecule has 0 unspecified atom stereocenters. The maximum atomic E-state index is 5.03. The highest BCUT2D eigenvalue weighted by atomic mass is 14.5. The van der Waals surface area contributed by atoms with E-state index in [0.29, 0.717) is 0 Å². The van der Waals surface area contributed by atoms with Crippen LogP contribution in [0.15, 0.2) is 12.7 Å². The van der Waals surface area contributed by atoms with Gasteiger partial charge >= 0.3 is 0 Å². The predicted octanol–water partition coefficient (Wildman–Crippen LogP) is 7.85. The minimum Gasteiger partial charge on any atom is -0.330 e. The largest absolute Gasteiger partial charge is 0.330 e. The molecule has 0 aliphatic heterocycles. The number of hydrogen-bond acceptors (Lipinski definition) is 1. The molecule has 0 aromatic heterocycles. The van der Waals surface area contributed by atoms with Crippen molar-refractivity contribution in [2.24, 2.45) is 5.73 Å². The van der Waals surface area contributed by atoms with Crippen LogP contribution >= 0.6 is 0 Å². The van der Waals surface area contributed by atoms with E-state index in [1.165, 1.54) is 19.3 Å². The van der Waals surface area contributed by atoms with Crippen molar-refractivity contribution in [1.82, 2.24) is 0 Å². The number of nitrogens with two attached hydrogens (primary N) is 1. The van der Waals surface area contributed by atoms with Crippen LogP contribution in [0.25, 0.3) is 0 Å². The Morgan fingerprint density at radius 3 is 0.800 bits per heavy atom. The van der Waals surface area contributed by atoms with Gasteiger partial charge in [0.25, 0.3) is 0 Å². The number of allylic oxidation sites excluding steroid dienone is 1. The van der Waals surface area contributed by atoms with Gasteiger partial charge in [0.1, 0.15) is 0 Å². The molecule has 0 rings (SSSR count). The molecule has 0 saturated heterocycles. The maximum absolute atomic E-state index is 5.03. The normalized spacial score (nSPS) is 5.45. The first-order valence-electron chi connectivity index (χ1n) is 8.93. The van der Waals surface area contributed by atoms with Crippen molar-refractivity contribution in [2.75, 3.05) is 6.54 Å². The highest BCUT2D eigenvalue weighted by molar-refractivity contribution is 4.51. The summed E-state index contributed by atoms with van der Waals surface area (Å²) < 4.78 is 0. The van der Waals surface area contributed by atoms with E-state index in [1.807, 2.05) is 48.5 Å². The average molecular weight is 294 g/mol. The van der Waals surface area contributed by atoms with E-state index in [9.17, 15) is 0 Å². The lowest BCUT2D eigenvalue weighted by Gasteiger charge is -1.70. The van der Waals surface area contributed by atoms with E-state index in [1.54, 1.807) is 6.08 Å². The number of hydrogen-bond donors (Lipinski definition) is 1. The van der Waals surface area contributed by atoms with Gasteiger partial charge in [0.15, 0.2) is 0 Å². The number of rotatable bonds is 2. The summed E-state index contributed by atoms with van der Waals surface area (Å²) in [5.41, 5.74) is 5.03. The van der Waals surface area contributed by atoms with Crippen LogP contribution in [-0.4, -0.2) is 6.54 Å². The van der Waals surface area contributed by atoms with Crippen LogP contribution < -0.4 is 5.73 Å². The van der Waals surface area contributed by atoms with Crippen LogP contribution in [0, 0.1) is 0 Å². The first kappa shape index (κ1) is 42.7. The van der Waals surface area contributed by atoms with E-state index < -0.39 is 0 Å². The van der Waals surface area contributed by atoms with Gasteiger partial charge in [-0.25, -0.2) is 0 Å². The molecule has 20 heavy (non-hydrogen) atoms. The standard InChI is InChI=1S/C4H10.C3H9N.C3H8.C3H6.3C2H6/c1-3-4-2;1-2-3-4;2*1-3-2;3*1-2/h3-4H2,1-2H3;2-4H2,1H3;3H2,1-2H3;3H,1H2,2H3;3*1-2H3. The fourth-order valence-electron chi connectivity index (χ4n) is 0. The molecule has 1 heteroatoms. The summed E-state index contributed by atoms with van der Waals surface area (Å²) >= 11 is 0. The van der Waals surface area contributed by atoms with E-state index in [2.05, 4.69) is 41.2 Å². The molecule has 0 aromatic carbocycles. The molecule has 0 radical (unpaired) electrons. The molecule has 0 aliphatic carbocycles. The highest BCUT2D eigenvalue weighted by Crippen LogP contribution is 1.76. The van der Waals surface area contributed by atoms with Gasteiger partial charge in [-0.05, 0) is 19.9 Å². The topological polar surface area (TPSA) is 26.0 Å². The van der Waals surface area contributed by atoms with Gasteiger partial charge in [-0.15, -0.1) is 6.58 Å². The summed E-state index contributed by atoms with van der Waals surface area (Å²) in [7, 11) is 0. The van der Waals surface area contributed by atoms with Gasteiger partial charge in [0, 0.05) is 0 Å². The van der Waals surface area contributed by atoms with Crippen LogP contribution in [0.4, 0.5) is 0 Å². The van der Waals surface area contributed by atoms with Crippen molar-refractivity contribution in [3.63, 3.8) is 0 Å². The van der Waals surface area contributed by atoms with Gasteiger partial charge in [-0.2, -0.15) is 0 Å². The third kappa shape index (κ3) is 1710. The zero-order valence-corrected chi connectivity index (χ0v) is 17.4. The Balaban J connectivity index is -0.0000000202. The number of unbranched alkanes of at least 4 members (excludes halogenated alkanes) is 1. The van der Waals surface area contributed by atoms with Crippen molar-refractivity contribution in [3.05, 3.63) is 12.7 Å². The van der Waals surface area contributed by atoms with E-state index in [0.717, 1.165) is 13.0 Å². The molecule has 132 valence electrons. The van der Waals surface area contributed by atoms with Crippen LogP contribution in [0.1, 0.15) is 109 Å². The monoisotopic (exact) mass is 293 g/mol. The highest BCUT2D eigenvalue weighted by Gasteiger charge is 1.56. The van der Waals surface area contributed by atoms with Crippen LogP contribution in [0.3, 0.4) is 0 Å². The first-order valence-corrected chi connectivity index (χ1v) is 8.93. The van der Waals surface area contributed by atoms with Crippen LogP contribution in [-0.2, 0) is 0 Å². The molecule has 1 nitrogen and oxygen atoms in total. The SMILES string of the molecule is C=CC.CC.CC.CC.CCC.CCCC.CCCN. The second-order valence-electron chi connectivity index (χ2n) is 2.90. The van der Waals surface area contributed by atoms with Crippen molar-refractivity contribution >= 4 is 0 Å². The summed E-state index contributed by atoms with van der Waals surface area (Å²) in [6.07, 6.45) is 6.74. The summed E-state index contributed by atoms with van der Waals surface area (Å²) in [6, 6.07) is 0. The van der Waals surface area contributed by atoms with Gasteiger partial charge in [0.2, 0.25) is 0 Å². The lowest BCUT2D eigenvalue weighted by molar-refractivity contribution is 0.886. The quantitative estimate of drug-likeness (QED) is 0.515. The minimum atomic E-state index is 0.819. The van der Waals surface area contributed by atoms with E-state index in [4.69, 9.17) is 5.73 Å². The molecule has 0 amide bonds. The molecule has 0 fully saturated rings. The molecule has 0 saturated carbocycles. The molecule has 0 aliphatic rings. The Bertz CT molecular complexity index is 43.7. The molecule has 0 aromatic rings. The molecule has 0 heterocycles. The summed E-state index contributed by atoms with van der Waals surface area (Å²) in [4.78, 5) is 0. The van der Waals surface area contributed by atoms with Gasteiger partial charge in [0.05, 0.1) is 0 Å². The fourth-order valence-corrected chi connectivity index (χ4v) is 0. The Hall–Kier alpha value is -0.300. The summed E-state index contributed by atoms with van der Waals surface area (Å²) in [6.45, 7) is 28.7. The molecular weight excluding hydrogens is 242 g/mol. The minimum absolute atomic E-state index is 0.819. The summed E-state index contributed by atoms with van der Waals surface area (Å²) in [5, 5.41) is 0. The van der Waals surface area contributed by atoms with Crippen molar-refractivity contribution in [2.45, 2.75) is 109 Å². The van der Waals surface area contributed by atoms with Crippen LogP contribution in [0.2, 0.25) is 0 Å². The second-order valence-corrected chi connectivity index (χ2v) is 2.90. The van der Waals surface area contributed by atoms with E-state index >= 15 is 0 Å². The maximum Gasteiger partial charge on any atom is -0.00799 e. The molecular formula is C19H51N. The smallest absolute Gasteiger partial charge is 0.00799 e. The zero-order chi connectivity index (χ0) is 18.2. The molecule has 0 spiro atoms. The third-order valence-corrected chi connectivity index (χ3v) is 0.789. The molecule has 0 bridgehead atoms. The third-order valence-electron chi connectivity index (χ3n) is 0.789. The predicted molar refractivity (Wildman–Crippen MR) is 106 cm³/mol. The fraction of sp³-hybridized carbons (Fsp3) is 0.895. The van der Waals surface area contributed by atoms with Crippen molar-refractivity contribution < 1.29 is 0 Å². The van der Waals surface area contributed by atoms with Crippen LogP contribution in [0.5, 0.6) is 0 Å². The Labute approximate surface area is 134 Å². The summed E-state index contributed by atoms with van der Waals surface area (Å²) in [5.74, 6) is 0. The Kier molecular flexibility index (Phi) is 385. The average Bonchev–Trinajstić information content (AvgIpc) is 2.54. The second kappa shape index (κ2) is 180. The Morgan fingerprint density at radius 1 is 0.700 bits per heavy atom. The Morgan fingerprint density at radius 2 is 0.800 bits per heavy atom. The van der Waals surface area contributed by atoms with Gasteiger partial charge in [-0.3, -0.25) is 0 Å². The zero-order valence-electron chi connectivity index (χ0n) is 17.4. The lowest BCUT2D eigenvalue weighted by Crippen LogP contribution is -1.93. The van der Waals surface area contributed by atoms with Crippen molar-refractivity contribution in [3.8, 4) is 0 Å². The van der Waals surface area contributed by atoms with Gasteiger partial charge < -0.3 is 5.73 Å².